The van der Waals surface area contributed by atoms with Gasteiger partial charge in [0.05, 0.1) is 0 Å². The number of carbonyl (C=O) groups is 3. The van der Waals surface area contributed by atoms with Crippen molar-refractivity contribution in [2.75, 3.05) is 0 Å². The molecule has 0 unspecified atom stereocenters. The molecule has 0 aromatic heterocycles. The molecule has 0 aliphatic rings. The number of hydrogen-bond donors (Lipinski definition) is 5. The van der Waals surface area contributed by atoms with Crippen molar-refractivity contribution in [2.24, 2.45) is 5.92 Å². The van der Waals surface area contributed by atoms with Gasteiger partial charge in [-0.25, -0.2) is 9.59 Å². The summed E-state index contributed by atoms with van der Waals surface area (Å²) in [6.07, 6.45) is -13.3. The first-order chi connectivity index (χ1) is 9.92. The Kier molecular flexibility index (Phi) is 16.3. The Morgan fingerprint density at radius 3 is 1.12 bits per heavy atom. The smallest absolute Gasteiger partial charge is 0.550 e. The molecule has 0 fully saturated rings. The molecule has 0 saturated carbocycles. The first kappa shape index (κ1) is 30.4. The maximum absolute atomic E-state index is 11.6. The molecule has 0 rings (SSSR count). The van der Waals surface area contributed by atoms with Crippen LogP contribution in [0.1, 0.15) is 6.42 Å². The molecule has 0 saturated heterocycles. The molecule has 0 heterocycles. The van der Waals surface area contributed by atoms with E-state index in [4.69, 9.17) is 34.9 Å². The number of carboxylic acid groups (broad SMARTS) is 3. The van der Waals surface area contributed by atoms with Crippen LogP contribution in [0.2, 0.25) is 0 Å². The summed E-state index contributed by atoms with van der Waals surface area (Å²) in [5.41, 5.74) is 0. The van der Waals surface area contributed by atoms with E-state index in [1.807, 2.05) is 0 Å². The molecule has 0 aromatic rings. The Labute approximate surface area is 140 Å². The van der Waals surface area contributed by atoms with Crippen LogP contribution in [0.3, 0.4) is 0 Å². The first-order valence-electron chi connectivity index (χ1n) is 4.76. The molecule has 136 valence electrons. The monoisotopic (exact) mass is 368 g/mol. The zero-order chi connectivity index (χ0) is 19.6. The second kappa shape index (κ2) is 12.9. The number of rotatable bonds is 2. The molecular weight excluding hydrogens is 360 g/mol. The van der Waals surface area contributed by atoms with Crippen molar-refractivity contribution in [3.8, 4) is 0 Å². The van der Waals surface area contributed by atoms with Gasteiger partial charge < -0.3 is 35.2 Å². The van der Waals surface area contributed by atoms with Crippen molar-refractivity contribution in [2.45, 2.75) is 18.8 Å². The average molecular weight is 368 g/mol. The summed E-state index contributed by atoms with van der Waals surface area (Å²) in [5.74, 6) is -9.89. The third kappa shape index (κ3) is 22.8. The third-order valence-corrected chi connectivity index (χ3v) is 1.34. The van der Waals surface area contributed by atoms with Crippen LogP contribution in [0.5, 0.6) is 0 Å². The van der Waals surface area contributed by atoms with Gasteiger partial charge in [-0.3, -0.25) is 0 Å². The molecule has 0 bridgehead atoms. The molecule has 0 aliphatic heterocycles. The third-order valence-electron chi connectivity index (χ3n) is 1.34. The zero-order valence-electron chi connectivity index (χ0n) is 11.5. The molecule has 0 amide bonds. The Morgan fingerprint density at radius 2 is 1.08 bits per heavy atom. The second-order valence-corrected chi connectivity index (χ2v) is 3.17. The summed E-state index contributed by atoms with van der Waals surface area (Å²) in [5, 5.41) is 45.9. The molecule has 0 radical (unpaired) electrons. The number of halogens is 6. The fraction of sp³-hybridized carbons (Fsp3) is 0.571. The minimum absolute atomic E-state index is 0. The number of alkyl halides is 6. The van der Waals surface area contributed by atoms with E-state index < -0.39 is 49.9 Å². The summed E-state index contributed by atoms with van der Waals surface area (Å²) < 4.78 is 69.4. The van der Waals surface area contributed by atoms with Crippen LogP contribution in [-0.2, 0) is 14.4 Å². The zero-order valence-corrected chi connectivity index (χ0v) is 11.5. The van der Waals surface area contributed by atoms with E-state index in [1.165, 1.54) is 0 Å². The van der Waals surface area contributed by atoms with Crippen LogP contribution in [0.15, 0.2) is 0 Å². The number of hydrogen-bond acceptors (Lipinski definition) is 7. The maximum atomic E-state index is 11.6. The summed E-state index contributed by atoms with van der Waals surface area (Å²) in [7, 11) is -2.17. The van der Waals surface area contributed by atoms with Gasteiger partial charge >= 0.3 is 50.5 Å². The predicted octanol–water partition coefficient (Wildman–Crippen LogP) is -5.02. The van der Waals surface area contributed by atoms with Crippen LogP contribution in [-0.4, -0.2) is 62.9 Å². The minimum atomic E-state index is -5.61. The topological polar surface area (TPSA) is 175 Å². The standard InChI is InChI=1S/C5H4F6O2.C2H2O4.BH3O3.Li/c6-4(7,8)2(1-3(12)13)5(9,10)11;3-1(4)2(5)6;2-1(3)4;/h2H,1H2,(H,12,13);(H,3,4)(H,5,6);2-4H;/q;;;+1/p-1. The predicted molar refractivity (Wildman–Crippen MR) is 52.9 cm³/mol. The average Bonchev–Trinajstić information content (AvgIpc) is 2.22. The number of carbonyl (C=O) groups excluding carboxylic acids is 1. The van der Waals surface area contributed by atoms with E-state index in [-0.39, 0.29) is 18.9 Å². The van der Waals surface area contributed by atoms with Crippen molar-refractivity contribution >= 4 is 25.2 Å². The molecular formula is C7H8BF6LiO9. The largest absolute Gasteiger partial charge is 1.00 e. The van der Waals surface area contributed by atoms with Crippen LogP contribution in [0, 0.1) is 5.92 Å². The Morgan fingerprint density at radius 1 is 0.875 bits per heavy atom. The Bertz CT molecular complexity index is 370. The van der Waals surface area contributed by atoms with Crippen molar-refractivity contribution in [3.05, 3.63) is 0 Å². The van der Waals surface area contributed by atoms with Gasteiger partial charge in [-0.15, -0.1) is 0 Å². The number of aliphatic carboxylic acids is 3. The van der Waals surface area contributed by atoms with E-state index in [1.54, 1.807) is 0 Å². The van der Waals surface area contributed by atoms with Gasteiger partial charge in [-0.05, 0) is 0 Å². The SMILES string of the molecule is O=C(O)C(=O)O.O=C([O-])CC(C(F)(F)F)C(F)(F)F.OB(O)O.[Li+]. The van der Waals surface area contributed by atoms with Crippen LogP contribution >= 0.6 is 0 Å². The van der Waals surface area contributed by atoms with Crippen LogP contribution < -0.4 is 24.0 Å². The van der Waals surface area contributed by atoms with E-state index in [2.05, 4.69) is 0 Å². The van der Waals surface area contributed by atoms with E-state index in [9.17, 15) is 36.2 Å². The van der Waals surface area contributed by atoms with Crippen molar-refractivity contribution in [3.63, 3.8) is 0 Å². The van der Waals surface area contributed by atoms with Crippen molar-refractivity contribution < 1.29 is 90.0 Å². The normalized spacial score (nSPS) is 10.2. The summed E-state index contributed by atoms with van der Waals surface area (Å²) in [6, 6.07) is 0. The Balaban J connectivity index is -0.000000152. The molecule has 0 atom stereocenters. The van der Waals surface area contributed by atoms with Crippen LogP contribution in [0.25, 0.3) is 0 Å². The number of carboxylic acids is 3. The van der Waals surface area contributed by atoms with E-state index in [0.717, 1.165) is 0 Å². The van der Waals surface area contributed by atoms with Gasteiger partial charge in [0, 0.05) is 12.4 Å². The summed E-state index contributed by atoms with van der Waals surface area (Å²) >= 11 is 0. The summed E-state index contributed by atoms with van der Waals surface area (Å²) in [4.78, 5) is 27.8. The second-order valence-electron chi connectivity index (χ2n) is 3.17. The Hall–Kier alpha value is -1.47. The molecule has 9 nitrogen and oxygen atoms in total. The van der Waals surface area contributed by atoms with E-state index in [0.29, 0.717) is 0 Å². The molecule has 0 aliphatic carbocycles. The van der Waals surface area contributed by atoms with Gasteiger partial charge in [-0.1, -0.05) is 0 Å². The van der Waals surface area contributed by atoms with E-state index >= 15 is 0 Å². The molecule has 0 spiro atoms. The molecule has 0 aromatic carbocycles. The van der Waals surface area contributed by atoms with Crippen molar-refractivity contribution in [1.82, 2.24) is 0 Å². The molecule has 24 heavy (non-hydrogen) atoms. The fourth-order valence-electron chi connectivity index (χ4n) is 0.584. The van der Waals surface area contributed by atoms with Gasteiger partial charge in [0.25, 0.3) is 0 Å². The van der Waals surface area contributed by atoms with Crippen molar-refractivity contribution in [1.29, 1.82) is 0 Å². The quantitative estimate of drug-likeness (QED) is 0.181. The van der Waals surface area contributed by atoms with Crippen LogP contribution in [0.4, 0.5) is 26.3 Å². The molecule has 5 N–H and O–H groups in total. The minimum Gasteiger partial charge on any atom is -0.550 e. The van der Waals surface area contributed by atoms with Gasteiger partial charge in [0.1, 0.15) is 0 Å². The van der Waals surface area contributed by atoms with Gasteiger partial charge in [0.2, 0.25) is 0 Å². The summed E-state index contributed by atoms with van der Waals surface area (Å²) in [6.45, 7) is 0. The maximum Gasteiger partial charge on any atom is 1.00 e. The molecule has 17 heteroatoms. The van der Waals surface area contributed by atoms with Gasteiger partial charge in [-0.2, -0.15) is 26.3 Å². The van der Waals surface area contributed by atoms with Gasteiger partial charge in [0.15, 0.2) is 5.92 Å². The first-order valence-corrected chi connectivity index (χ1v) is 4.76. The fourth-order valence-corrected chi connectivity index (χ4v) is 0.584.